The lowest BCUT2D eigenvalue weighted by atomic mass is 9.90. The highest BCUT2D eigenvalue weighted by molar-refractivity contribution is 7.91. The van der Waals surface area contributed by atoms with Gasteiger partial charge in [-0.1, -0.05) is 50.2 Å². The van der Waals surface area contributed by atoms with E-state index in [-0.39, 0.29) is 28.0 Å². The molecule has 0 saturated heterocycles. The Morgan fingerprint density at radius 1 is 1.10 bits per heavy atom. The Morgan fingerprint density at radius 2 is 1.80 bits per heavy atom. The van der Waals surface area contributed by atoms with Crippen molar-refractivity contribution < 1.29 is 17.9 Å². The first-order valence-corrected chi connectivity index (χ1v) is 12.2. The lowest BCUT2D eigenvalue weighted by Crippen LogP contribution is -2.24. The molecule has 0 bridgehead atoms. The number of para-hydroxylation sites is 1. The fraction of sp³-hybridized carbons (Fsp3) is 0.261. The van der Waals surface area contributed by atoms with E-state index in [1.165, 1.54) is 11.3 Å². The van der Waals surface area contributed by atoms with Crippen molar-refractivity contribution in [3.05, 3.63) is 70.4 Å². The number of thiophene rings is 1. The van der Waals surface area contributed by atoms with Crippen molar-refractivity contribution in [2.24, 2.45) is 5.92 Å². The molecule has 2 heterocycles. The maximum absolute atomic E-state index is 13.2. The molecule has 3 aromatic rings. The zero-order valence-corrected chi connectivity index (χ0v) is 18.4. The van der Waals surface area contributed by atoms with Crippen LogP contribution in [0.3, 0.4) is 0 Å². The fourth-order valence-corrected chi connectivity index (χ4v) is 6.46. The summed E-state index contributed by atoms with van der Waals surface area (Å²) in [7, 11) is -3.73. The van der Waals surface area contributed by atoms with E-state index >= 15 is 0 Å². The van der Waals surface area contributed by atoms with Crippen LogP contribution in [0.4, 0.5) is 5.69 Å². The van der Waals surface area contributed by atoms with Gasteiger partial charge >= 0.3 is 0 Å². The Labute approximate surface area is 180 Å². The second kappa shape index (κ2) is 8.24. The van der Waals surface area contributed by atoms with Crippen LogP contribution >= 0.6 is 11.3 Å². The van der Waals surface area contributed by atoms with Crippen molar-refractivity contribution in [2.45, 2.75) is 36.0 Å². The van der Waals surface area contributed by atoms with Gasteiger partial charge in [0.15, 0.2) is 0 Å². The topological polar surface area (TPSA) is 72.5 Å². The third-order valence-corrected chi connectivity index (χ3v) is 8.00. The molecule has 0 radical (unpaired) electrons. The molecule has 7 heteroatoms. The van der Waals surface area contributed by atoms with Gasteiger partial charge in [0.2, 0.25) is 15.7 Å². The SMILES string of the molecule is CC(C)COc1ccccc1[C@H]1CC(=O)Nc2c(S(=O)(=O)c3ccccc3)csc21. The molecule has 1 atom stereocenters. The molecular weight excluding hydrogens is 418 g/mol. The minimum Gasteiger partial charge on any atom is -0.493 e. The summed E-state index contributed by atoms with van der Waals surface area (Å²) in [5.74, 6) is 0.654. The van der Waals surface area contributed by atoms with Gasteiger partial charge in [-0.2, -0.15) is 0 Å². The highest BCUT2D eigenvalue weighted by Gasteiger charge is 2.35. The van der Waals surface area contributed by atoms with Gasteiger partial charge in [0, 0.05) is 28.2 Å². The van der Waals surface area contributed by atoms with Gasteiger partial charge in [-0.05, 0) is 24.1 Å². The van der Waals surface area contributed by atoms with Crippen molar-refractivity contribution >= 4 is 32.8 Å². The Kier molecular flexibility index (Phi) is 5.66. The molecule has 4 rings (SSSR count). The number of fused-ring (bicyclic) bond motifs is 1. The van der Waals surface area contributed by atoms with Crippen LogP contribution in [0.1, 0.15) is 36.6 Å². The summed E-state index contributed by atoms with van der Waals surface area (Å²) in [6.45, 7) is 4.73. The van der Waals surface area contributed by atoms with Gasteiger partial charge in [-0.3, -0.25) is 4.79 Å². The molecule has 1 aromatic heterocycles. The number of hydrogen-bond donors (Lipinski definition) is 1. The van der Waals surface area contributed by atoms with E-state index < -0.39 is 9.84 Å². The molecule has 5 nitrogen and oxygen atoms in total. The molecule has 156 valence electrons. The van der Waals surface area contributed by atoms with Crippen LogP contribution in [0.25, 0.3) is 0 Å². The molecule has 1 aliphatic heterocycles. The molecule has 0 saturated carbocycles. The number of anilines is 1. The summed E-state index contributed by atoms with van der Waals surface area (Å²) >= 11 is 1.36. The number of ether oxygens (including phenoxy) is 1. The average Bonchev–Trinajstić information content (AvgIpc) is 3.17. The minimum absolute atomic E-state index is 0.146. The molecule has 1 amide bonds. The summed E-state index contributed by atoms with van der Waals surface area (Å²) in [6, 6.07) is 16.0. The Balaban J connectivity index is 1.78. The van der Waals surface area contributed by atoms with Gasteiger partial charge in [-0.25, -0.2) is 8.42 Å². The van der Waals surface area contributed by atoms with Gasteiger partial charge in [0.1, 0.15) is 10.6 Å². The van der Waals surface area contributed by atoms with E-state index in [9.17, 15) is 13.2 Å². The van der Waals surface area contributed by atoms with E-state index in [4.69, 9.17) is 4.74 Å². The van der Waals surface area contributed by atoms with Crippen LogP contribution in [-0.2, 0) is 14.6 Å². The van der Waals surface area contributed by atoms with E-state index in [0.717, 1.165) is 16.2 Å². The van der Waals surface area contributed by atoms with Crippen LogP contribution in [0.5, 0.6) is 5.75 Å². The Bertz CT molecular complexity index is 1170. The molecule has 0 unspecified atom stereocenters. The van der Waals surface area contributed by atoms with E-state index in [1.54, 1.807) is 35.7 Å². The van der Waals surface area contributed by atoms with Gasteiger partial charge < -0.3 is 10.1 Å². The highest BCUT2D eigenvalue weighted by Crippen LogP contribution is 2.47. The van der Waals surface area contributed by atoms with Crippen molar-refractivity contribution in [3.63, 3.8) is 0 Å². The fourth-order valence-electron chi connectivity index (χ4n) is 3.54. The minimum atomic E-state index is -3.73. The quantitative estimate of drug-likeness (QED) is 0.578. The molecule has 1 aliphatic rings. The second-order valence-electron chi connectivity index (χ2n) is 7.70. The normalized spacial score (nSPS) is 16.2. The number of sulfone groups is 1. The van der Waals surface area contributed by atoms with E-state index in [1.807, 2.05) is 24.3 Å². The van der Waals surface area contributed by atoms with Crippen LogP contribution in [-0.4, -0.2) is 20.9 Å². The Hall–Kier alpha value is -2.64. The van der Waals surface area contributed by atoms with E-state index in [2.05, 4.69) is 19.2 Å². The molecule has 0 spiro atoms. The number of amides is 1. The number of nitrogens with one attached hydrogen (secondary N) is 1. The molecule has 0 aliphatic carbocycles. The first kappa shape index (κ1) is 20.6. The predicted molar refractivity (Wildman–Crippen MR) is 118 cm³/mol. The predicted octanol–water partition coefficient (Wildman–Crippen LogP) is 5.09. The first-order valence-electron chi connectivity index (χ1n) is 9.81. The standard InChI is InChI=1S/C23H23NO4S2/c1-15(2)13-28-19-11-7-6-10-17(19)18-12-21(25)24-22-20(14-29-23(18)22)30(26,27)16-8-4-3-5-9-16/h3-11,14-15,18H,12-13H2,1-2H3,(H,24,25)/t18-/m1/s1. The van der Waals surface area contributed by atoms with Crippen LogP contribution < -0.4 is 10.1 Å². The van der Waals surface area contributed by atoms with Crippen molar-refractivity contribution in [2.75, 3.05) is 11.9 Å². The molecular formula is C23H23NO4S2. The van der Waals surface area contributed by atoms with Gasteiger partial charge in [0.25, 0.3) is 0 Å². The van der Waals surface area contributed by atoms with Crippen LogP contribution in [0.15, 0.2) is 69.8 Å². The summed E-state index contributed by atoms with van der Waals surface area (Å²) in [6.07, 6.45) is 0.250. The number of benzene rings is 2. The average molecular weight is 442 g/mol. The lowest BCUT2D eigenvalue weighted by Gasteiger charge is -2.25. The maximum Gasteiger partial charge on any atom is 0.225 e. The zero-order chi connectivity index (χ0) is 21.3. The summed E-state index contributed by atoms with van der Waals surface area (Å²) in [5.41, 5.74) is 1.29. The van der Waals surface area contributed by atoms with Crippen molar-refractivity contribution in [1.29, 1.82) is 0 Å². The second-order valence-corrected chi connectivity index (χ2v) is 10.5. The van der Waals surface area contributed by atoms with Crippen molar-refractivity contribution in [3.8, 4) is 5.75 Å². The summed E-state index contributed by atoms with van der Waals surface area (Å²) in [4.78, 5) is 13.8. The molecule has 2 aromatic carbocycles. The maximum atomic E-state index is 13.2. The number of hydrogen-bond acceptors (Lipinski definition) is 5. The van der Waals surface area contributed by atoms with Crippen LogP contribution in [0.2, 0.25) is 0 Å². The molecule has 30 heavy (non-hydrogen) atoms. The number of carbonyl (C=O) groups is 1. The third kappa shape index (κ3) is 3.87. The number of rotatable bonds is 6. The van der Waals surface area contributed by atoms with Crippen LogP contribution in [0, 0.1) is 5.92 Å². The first-order chi connectivity index (χ1) is 14.4. The largest absolute Gasteiger partial charge is 0.493 e. The van der Waals surface area contributed by atoms with Gasteiger partial charge in [-0.15, -0.1) is 11.3 Å². The zero-order valence-electron chi connectivity index (χ0n) is 16.8. The Morgan fingerprint density at radius 3 is 2.53 bits per heavy atom. The smallest absolute Gasteiger partial charge is 0.225 e. The van der Waals surface area contributed by atoms with Crippen molar-refractivity contribution in [1.82, 2.24) is 0 Å². The third-order valence-electron chi connectivity index (χ3n) is 4.97. The summed E-state index contributed by atoms with van der Waals surface area (Å²) < 4.78 is 32.4. The summed E-state index contributed by atoms with van der Waals surface area (Å²) in [5, 5.41) is 4.43. The van der Waals surface area contributed by atoms with E-state index in [0.29, 0.717) is 18.2 Å². The number of carbonyl (C=O) groups excluding carboxylic acids is 1. The molecule has 1 N–H and O–H groups in total. The molecule has 0 fully saturated rings. The van der Waals surface area contributed by atoms with Gasteiger partial charge in [0.05, 0.1) is 17.2 Å². The lowest BCUT2D eigenvalue weighted by molar-refractivity contribution is -0.116. The highest BCUT2D eigenvalue weighted by atomic mass is 32.2. The monoisotopic (exact) mass is 441 g/mol.